The Kier molecular flexibility index (Phi) is 18.7. The molecule has 3 aliphatic carbocycles. The molecule has 4 fully saturated rings. The van der Waals surface area contributed by atoms with Gasteiger partial charge in [0.1, 0.15) is 0 Å². The van der Waals surface area contributed by atoms with Crippen LogP contribution in [0.3, 0.4) is 0 Å². The number of carboxylic acids is 1. The van der Waals surface area contributed by atoms with Crippen molar-refractivity contribution in [1.29, 1.82) is 0 Å². The molecule has 0 aromatic rings. The Morgan fingerprint density at radius 2 is 1.34 bits per heavy atom. The normalized spacial score (nSPS) is 28.5. The number of hydrogen-bond donors (Lipinski definition) is 3. The zero-order chi connectivity index (χ0) is 43.9. The molecule has 334 valence electrons. The lowest BCUT2D eigenvalue weighted by Crippen LogP contribution is -2.54. The number of nitrogens with two attached hydrogens (primary N) is 1. The molecule has 2 amide bonds. The van der Waals surface area contributed by atoms with Gasteiger partial charge in [-0.25, -0.2) is 9.59 Å². The van der Waals surface area contributed by atoms with E-state index in [2.05, 4.69) is 109 Å². The van der Waals surface area contributed by atoms with Crippen molar-refractivity contribution >= 4 is 28.6 Å². The summed E-state index contributed by atoms with van der Waals surface area (Å²) in [6.45, 7) is 39.6. The van der Waals surface area contributed by atoms with Crippen LogP contribution in [0.15, 0.2) is 35.5 Å². The number of likely N-dealkylation sites (tertiary alicyclic amines) is 1. The van der Waals surface area contributed by atoms with Crippen LogP contribution in [0.4, 0.5) is 4.79 Å². The Morgan fingerprint density at radius 3 is 1.81 bits per heavy atom. The molecular weight excluding hydrogens is 757 g/mol. The van der Waals surface area contributed by atoms with Gasteiger partial charge in [-0.1, -0.05) is 121 Å². The van der Waals surface area contributed by atoms with Gasteiger partial charge in [-0.3, -0.25) is 0 Å². The van der Waals surface area contributed by atoms with Crippen LogP contribution in [-0.2, 0) is 13.6 Å². The first kappa shape index (κ1) is 50.6. The fraction of sp³-hybridized carbons (Fsp3) is 0.833. The molecule has 0 bridgehead atoms. The fourth-order valence-electron chi connectivity index (χ4n) is 12.9. The third-order valence-corrected chi connectivity index (χ3v) is 27.9. The van der Waals surface area contributed by atoms with Gasteiger partial charge in [0.05, 0.1) is 12.2 Å². The predicted molar refractivity (Wildman–Crippen MR) is 247 cm³/mol. The first-order chi connectivity index (χ1) is 27.0. The van der Waals surface area contributed by atoms with Crippen molar-refractivity contribution in [2.75, 3.05) is 13.1 Å². The molecule has 0 aromatic carbocycles. The van der Waals surface area contributed by atoms with Crippen molar-refractivity contribution in [2.24, 2.45) is 28.9 Å². The van der Waals surface area contributed by atoms with Crippen molar-refractivity contribution in [1.82, 2.24) is 4.90 Å². The summed E-state index contributed by atoms with van der Waals surface area (Å²) in [5, 5.41) is 19.5. The Morgan fingerprint density at radius 1 is 0.828 bits per heavy atom. The predicted octanol–water partition coefficient (Wildman–Crippen LogP) is 12.5. The van der Waals surface area contributed by atoms with E-state index in [-0.39, 0.29) is 29.6 Å². The third-order valence-electron chi connectivity index (χ3n) is 15.6. The molecule has 8 nitrogen and oxygen atoms in total. The molecule has 7 atom stereocenters. The lowest BCUT2D eigenvalue weighted by atomic mass is 9.60. The number of nitrogens with zero attached hydrogens (tertiary/aromatic N) is 1. The molecule has 0 radical (unpaired) electrons. The SMILES string of the molecule is C=C1/C(=C\C=C2CCC[C@]3(C)[C@@H]([C@H](C)CC(O)C(=O)O)CC[C@@H]23)C[C@H](O[Si](C(C)C)(C(C)C)C(C)C)C[C@H]1O[Si](C(C)C)(C(C)C)C(C)C.NC(=O)N1CCCCC1. The lowest BCUT2D eigenvalue weighted by molar-refractivity contribution is -0.147. The number of aliphatic hydroxyl groups excluding tert-OH is 1. The number of aliphatic hydroxyl groups is 1. The van der Waals surface area contributed by atoms with Gasteiger partial charge in [-0.05, 0) is 132 Å². The van der Waals surface area contributed by atoms with Crippen LogP contribution in [0, 0.1) is 23.2 Å². The van der Waals surface area contributed by atoms with E-state index < -0.39 is 28.7 Å². The zero-order valence-corrected chi connectivity index (χ0v) is 41.5. The number of rotatable bonds is 15. The number of fused-ring (bicyclic) bond motifs is 1. The summed E-state index contributed by atoms with van der Waals surface area (Å²) in [6, 6.07) is -0.269. The van der Waals surface area contributed by atoms with Crippen molar-refractivity contribution in [3.05, 3.63) is 35.5 Å². The van der Waals surface area contributed by atoms with E-state index in [0.29, 0.717) is 51.5 Å². The monoisotopic (exact) mass is 845 g/mol. The van der Waals surface area contributed by atoms with E-state index in [4.69, 9.17) is 21.2 Å². The number of urea groups is 1. The first-order valence-corrected chi connectivity index (χ1v) is 27.6. The molecule has 0 aromatic heterocycles. The number of primary amides is 1. The van der Waals surface area contributed by atoms with Crippen molar-refractivity contribution < 1.29 is 28.7 Å². The van der Waals surface area contributed by atoms with Crippen LogP contribution in [0.5, 0.6) is 0 Å². The molecule has 10 heteroatoms. The molecule has 3 saturated carbocycles. The minimum absolute atomic E-state index is 0.0329. The number of carbonyl (C=O) groups is 2. The number of allylic oxidation sites excluding steroid dienone is 3. The molecule has 0 spiro atoms. The highest BCUT2D eigenvalue weighted by Gasteiger charge is 2.52. The number of carboxylic acid groups (broad SMARTS) is 1. The second kappa shape index (κ2) is 21.4. The van der Waals surface area contributed by atoms with Gasteiger partial charge in [-0.2, -0.15) is 0 Å². The number of piperidine rings is 1. The Hall–Kier alpha value is -1.73. The summed E-state index contributed by atoms with van der Waals surface area (Å²) < 4.78 is 15.1. The van der Waals surface area contributed by atoms with E-state index in [0.717, 1.165) is 70.0 Å². The first-order valence-electron chi connectivity index (χ1n) is 23.4. The van der Waals surface area contributed by atoms with Crippen molar-refractivity contribution in [2.45, 2.75) is 219 Å². The van der Waals surface area contributed by atoms with Gasteiger partial charge in [-0.15, -0.1) is 0 Å². The maximum absolute atomic E-state index is 11.4. The van der Waals surface area contributed by atoms with Crippen LogP contribution in [-0.4, -0.2) is 75.1 Å². The smallest absolute Gasteiger partial charge is 0.332 e. The largest absolute Gasteiger partial charge is 0.479 e. The molecule has 1 unspecified atom stereocenters. The standard InChI is InChI=1S/C42H76O5Si2.C6H12N2O/c1-26(2)48(27(3)4,28(5)6)46-36-24-35(33(14)40(25-36)47-49(29(7)8,30(9)10)31(11)12)19-18-34-17-16-22-42(15)37(20-21-38(34)42)32(13)23-39(43)41(44)45;7-6(9)8-4-2-1-3-5-8/h18-19,26-32,36-40,43H,14,16-17,20-25H2,1-13,15H3,(H,44,45);1-5H2,(H2,7,9)/b34-18?,35-19-;/t32-,36+,37-,38+,39?,40-,42-;/m1./s1. The molecule has 4 N–H and O–H groups in total. The molecule has 4 aliphatic rings. The van der Waals surface area contributed by atoms with E-state index in [1.807, 2.05) is 0 Å². The number of carbonyl (C=O) groups excluding carboxylic acids is 1. The number of hydrogen-bond acceptors (Lipinski definition) is 5. The third kappa shape index (κ3) is 11.2. The highest BCUT2D eigenvalue weighted by Crippen LogP contribution is 2.60. The fourth-order valence-corrected chi connectivity index (χ4v) is 24.1. The van der Waals surface area contributed by atoms with Gasteiger partial charge in [0, 0.05) is 19.5 Å². The summed E-state index contributed by atoms with van der Waals surface area (Å²) in [4.78, 5) is 23.6. The Labute approximate surface area is 357 Å². The second-order valence-corrected chi connectivity index (χ2v) is 31.7. The number of aliphatic carboxylic acids is 1. The minimum atomic E-state index is -2.16. The second-order valence-electron chi connectivity index (χ2n) is 20.9. The van der Waals surface area contributed by atoms with Gasteiger partial charge < -0.3 is 29.7 Å². The minimum Gasteiger partial charge on any atom is -0.479 e. The molecule has 1 heterocycles. The van der Waals surface area contributed by atoms with Crippen LogP contribution in [0.2, 0.25) is 33.2 Å². The average Bonchev–Trinajstić information content (AvgIpc) is 3.50. The van der Waals surface area contributed by atoms with Gasteiger partial charge >= 0.3 is 12.0 Å². The van der Waals surface area contributed by atoms with Crippen molar-refractivity contribution in [3.63, 3.8) is 0 Å². The van der Waals surface area contributed by atoms with E-state index in [1.165, 1.54) is 24.0 Å². The van der Waals surface area contributed by atoms with E-state index >= 15 is 0 Å². The summed E-state index contributed by atoms with van der Waals surface area (Å²) >= 11 is 0. The summed E-state index contributed by atoms with van der Waals surface area (Å²) in [5.74, 6) is -0.0168. The Bertz CT molecular complexity index is 1390. The Balaban J connectivity index is 0.000000878. The average molecular weight is 845 g/mol. The highest BCUT2D eigenvalue weighted by molar-refractivity contribution is 6.78. The highest BCUT2D eigenvalue weighted by atomic mass is 28.4. The maximum atomic E-state index is 11.4. The topological polar surface area (TPSA) is 122 Å². The quantitative estimate of drug-likeness (QED) is 0.141. The van der Waals surface area contributed by atoms with Gasteiger partial charge in [0.15, 0.2) is 6.10 Å². The molecule has 1 saturated heterocycles. The summed E-state index contributed by atoms with van der Waals surface area (Å²) in [5.41, 5.74) is 12.3. The molecule has 4 rings (SSSR count). The van der Waals surface area contributed by atoms with Crippen LogP contribution >= 0.6 is 0 Å². The summed E-state index contributed by atoms with van der Waals surface area (Å²) in [6.07, 6.45) is 14.9. The molecular formula is C48H88N2O6Si2. The lowest BCUT2D eigenvalue weighted by Gasteiger charge is -2.49. The molecule has 1 aliphatic heterocycles. The zero-order valence-electron chi connectivity index (χ0n) is 39.5. The van der Waals surface area contributed by atoms with Crippen LogP contribution in [0.1, 0.15) is 168 Å². The van der Waals surface area contributed by atoms with E-state index in [1.54, 1.807) is 4.90 Å². The van der Waals surface area contributed by atoms with Crippen molar-refractivity contribution in [3.8, 4) is 0 Å². The van der Waals surface area contributed by atoms with Gasteiger partial charge in [0.25, 0.3) is 0 Å². The molecule has 58 heavy (non-hydrogen) atoms. The maximum Gasteiger partial charge on any atom is 0.332 e. The van der Waals surface area contributed by atoms with E-state index in [9.17, 15) is 19.8 Å². The van der Waals surface area contributed by atoms with Crippen LogP contribution in [0.25, 0.3) is 0 Å². The van der Waals surface area contributed by atoms with Gasteiger partial charge in [0.2, 0.25) is 16.6 Å². The number of amides is 2. The summed E-state index contributed by atoms with van der Waals surface area (Å²) in [7, 11) is -4.27. The van der Waals surface area contributed by atoms with Crippen LogP contribution < -0.4 is 5.73 Å².